The summed E-state index contributed by atoms with van der Waals surface area (Å²) >= 11 is 0. The zero-order valence-corrected chi connectivity index (χ0v) is 10.2. The predicted molar refractivity (Wildman–Crippen MR) is 71.6 cm³/mol. The fourth-order valence-electron chi connectivity index (χ4n) is 1.73. The molecule has 3 N–H and O–H groups in total. The van der Waals surface area contributed by atoms with E-state index in [4.69, 9.17) is 10.5 Å². The number of hydrogen-bond acceptors (Lipinski definition) is 3. The third-order valence-electron chi connectivity index (χ3n) is 2.69. The van der Waals surface area contributed by atoms with Crippen LogP contribution >= 0.6 is 0 Å². The SMILES string of the molecule is NCCc1ccc(O)c(OCc2ccccc2)c1. The number of hydrogen-bond donors (Lipinski definition) is 2. The van der Waals surface area contributed by atoms with Gasteiger partial charge in [0.1, 0.15) is 6.61 Å². The molecule has 2 aromatic carbocycles. The van der Waals surface area contributed by atoms with E-state index in [2.05, 4.69) is 0 Å². The summed E-state index contributed by atoms with van der Waals surface area (Å²) in [5, 5.41) is 9.72. The second-order valence-electron chi connectivity index (χ2n) is 4.12. The molecule has 0 aromatic heterocycles. The third kappa shape index (κ3) is 3.25. The topological polar surface area (TPSA) is 55.5 Å². The molecule has 0 aliphatic carbocycles. The van der Waals surface area contributed by atoms with Crippen molar-refractivity contribution in [1.82, 2.24) is 0 Å². The average molecular weight is 243 g/mol. The standard InChI is InChI=1S/C15H17NO2/c16-9-8-12-6-7-14(17)15(10-12)18-11-13-4-2-1-3-5-13/h1-7,10,17H,8-9,11,16H2. The van der Waals surface area contributed by atoms with Gasteiger partial charge in [-0.3, -0.25) is 0 Å². The molecule has 2 aromatic rings. The summed E-state index contributed by atoms with van der Waals surface area (Å²) in [6.07, 6.45) is 0.780. The highest BCUT2D eigenvalue weighted by Gasteiger charge is 2.04. The maximum absolute atomic E-state index is 9.72. The van der Waals surface area contributed by atoms with Crippen molar-refractivity contribution < 1.29 is 9.84 Å². The number of rotatable bonds is 5. The number of phenols is 1. The number of nitrogens with two attached hydrogens (primary N) is 1. The van der Waals surface area contributed by atoms with Crippen molar-refractivity contribution >= 4 is 0 Å². The second kappa shape index (κ2) is 6.07. The van der Waals surface area contributed by atoms with Gasteiger partial charge in [-0.05, 0) is 36.2 Å². The van der Waals surface area contributed by atoms with E-state index in [0.29, 0.717) is 18.9 Å². The van der Waals surface area contributed by atoms with Crippen molar-refractivity contribution in [3.05, 3.63) is 59.7 Å². The summed E-state index contributed by atoms with van der Waals surface area (Å²) in [7, 11) is 0. The van der Waals surface area contributed by atoms with Crippen LogP contribution in [0.3, 0.4) is 0 Å². The summed E-state index contributed by atoms with van der Waals surface area (Å²) in [5.74, 6) is 0.663. The molecule has 0 heterocycles. The van der Waals surface area contributed by atoms with Crippen LogP contribution in [0.25, 0.3) is 0 Å². The molecule has 18 heavy (non-hydrogen) atoms. The van der Waals surface area contributed by atoms with E-state index in [-0.39, 0.29) is 5.75 Å². The molecule has 0 aliphatic rings. The molecule has 3 heteroatoms. The van der Waals surface area contributed by atoms with Crippen LogP contribution in [0.5, 0.6) is 11.5 Å². The number of phenolic OH excluding ortho intramolecular Hbond substituents is 1. The zero-order chi connectivity index (χ0) is 12.8. The van der Waals surface area contributed by atoms with Gasteiger partial charge < -0.3 is 15.6 Å². The Kier molecular flexibility index (Phi) is 4.20. The van der Waals surface area contributed by atoms with Crippen molar-refractivity contribution in [3.8, 4) is 11.5 Å². The Hall–Kier alpha value is -2.00. The molecular formula is C15H17NO2. The Balaban J connectivity index is 2.06. The summed E-state index contributed by atoms with van der Waals surface area (Å²) in [5.41, 5.74) is 7.65. The minimum atomic E-state index is 0.159. The minimum absolute atomic E-state index is 0.159. The van der Waals surface area contributed by atoms with Crippen molar-refractivity contribution in [3.63, 3.8) is 0 Å². The van der Waals surface area contributed by atoms with Crippen LogP contribution < -0.4 is 10.5 Å². The van der Waals surface area contributed by atoms with E-state index in [9.17, 15) is 5.11 Å². The number of aromatic hydroxyl groups is 1. The second-order valence-corrected chi connectivity index (χ2v) is 4.12. The first kappa shape index (κ1) is 12.5. The van der Waals surface area contributed by atoms with E-state index in [1.807, 2.05) is 42.5 Å². The van der Waals surface area contributed by atoms with Crippen LogP contribution in [0, 0.1) is 0 Å². The lowest BCUT2D eigenvalue weighted by Crippen LogP contribution is -2.03. The summed E-state index contributed by atoms with van der Waals surface area (Å²) < 4.78 is 5.62. The fraction of sp³-hybridized carbons (Fsp3) is 0.200. The largest absolute Gasteiger partial charge is 0.504 e. The van der Waals surface area contributed by atoms with E-state index in [1.54, 1.807) is 6.07 Å². The Bertz CT molecular complexity index is 497. The summed E-state index contributed by atoms with van der Waals surface area (Å²) in [6.45, 7) is 1.03. The maximum atomic E-state index is 9.72. The molecule has 0 radical (unpaired) electrons. The monoisotopic (exact) mass is 243 g/mol. The number of benzene rings is 2. The highest BCUT2D eigenvalue weighted by atomic mass is 16.5. The Morgan fingerprint density at radius 3 is 2.50 bits per heavy atom. The molecule has 0 aliphatic heterocycles. The molecule has 2 rings (SSSR count). The fourth-order valence-corrected chi connectivity index (χ4v) is 1.73. The van der Waals surface area contributed by atoms with Gasteiger partial charge in [0.25, 0.3) is 0 Å². The highest BCUT2D eigenvalue weighted by Crippen LogP contribution is 2.27. The molecule has 3 nitrogen and oxygen atoms in total. The maximum Gasteiger partial charge on any atom is 0.161 e. The van der Waals surface area contributed by atoms with E-state index in [1.165, 1.54) is 0 Å². The van der Waals surface area contributed by atoms with Gasteiger partial charge in [-0.25, -0.2) is 0 Å². The first-order valence-electron chi connectivity index (χ1n) is 5.98. The summed E-state index contributed by atoms with van der Waals surface area (Å²) in [4.78, 5) is 0. The molecule has 0 saturated heterocycles. The smallest absolute Gasteiger partial charge is 0.161 e. The van der Waals surface area contributed by atoms with Crippen molar-refractivity contribution in [2.75, 3.05) is 6.54 Å². The van der Waals surface area contributed by atoms with Crippen LogP contribution in [-0.2, 0) is 13.0 Å². The van der Waals surface area contributed by atoms with Crippen LogP contribution in [0.15, 0.2) is 48.5 Å². The Morgan fingerprint density at radius 1 is 1.00 bits per heavy atom. The molecule has 94 valence electrons. The van der Waals surface area contributed by atoms with E-state index < -0.39 is 0 Å². The first-order valence-corrected chi connectivity index (χ1v) is 5.98. The number of ether oxygens (including phenoxy) is 1. The van der Waals surface area contributed by atoms with Gasteiger partial charge in [0.05, 0.1) is 0 Å². The lowest BCUT2D eigenvalue weighted by atomic mass is 10.1. The van der Waals surface area contributed by atoms with E-state index in [0.717, 1.165) is 17.5 Å². The predicted octanol–water partition coefficient (Wildman–Crippen LogP) is 2.47. The van der Waals surface area contributed by atoms with Crippen molar-refractivity contribution in [2.45, 2.75) is 13.0 Å². The molecular weight excluding hydrogens is 226 g/mol. The molecule has 0 unspecified atom stereocenters. The Morgan fingerprint density at radius 2 is 1.78 bits per heavy atom. The van der Waals surface area contributed by atoms with Gasteiger partial charge in [0.2, 0.25) is 0 Å². The normalized spacial score (nSPS) is 10.3. The van der Waals surface area contributed by atoms with Gasteiger partial charge in [0, 0.05) is 0 Å². The summed E-state index contributed by atoms with van der Waals surface area (Å²) in [6, 6.07) is 15.2. The Labute approximate surface area is 107 Å². The van der Waals surface area contributed by atoms with E-state index >= 15 is 0 Å². The van der Waals surface area contributed by atoms with Crippen molar-refractivity contribution in [1.29, 1.82) is 0 Å². The van der Waals surface area contributed by atoms with Gasteiger partial charge in [-0.15, -0.1) is 0 Å². The van der Waals surface area contributed by atoms with Gasteiger partial charge >= 0.3 is 0 Å². The van der Waals surface area contributed by atoms with Crippen molar-refractivity contribution in [2.24, 2.45) is 5.73 Å². The highest BCUT2D eigenvalue weighted by molar-refractivity contribution is 5.42. The van der Waals surface area contributed by atoms with Gasteiger partial charge in [0.15, 0.2) is 11.5 Å². The average Bonchev–Trinajstić information content (AvgIpc) is 2.41. The first-order chi connectivity index (χ1) is 8.79. The lowest BCUT2D eigenvalue weighted by Gasteiger charge is -2.09. The molecule has 0 saturated carbocycles. The van der Waals surface area contributed by atoms with Crippen LogP contribution in [-0.4, -0.2) is 11.7 Å². The van der Waals surface area contributed by atoms with Gasteiger partial charge in [-0.2, -0.15) is 0 Å². The molecule has 0 atom stereocenters. The molecule has 0 bridgehead atoms. The van der Waals surface area contributed by atoms with Crippen LogP contribution in [0.2, 0.25) is 0 Å². The zero-order valence-electron chi connectivity index (χ0n) is 10.2. The van der Waals surface area contributed by atoms with Crippen LogP contribution in [0.1, 0.15) is 11.1 Å². The molecule has 0 amide bonds. The van der Waals surface area contributed by atoms with Gasteiger partial charge in [-0.1, -0.05) is 36.4 Å². The molecule has 0 fully saturated rings. The lowest BCUT2D eigenvalue weighted by molar-refractivity contribution is 0.288. The third-order valence-corrected chi connectivity index (χ3v) is 2.69. The minimum Gasteiger partial charge on any atom is -0.504 e. The van der Waals surface area contributed by atoms with Crippen LogP contribution in [0.4, 0.5) is 0 Å². The quantitative estimate of drug-likeness (QED) is 0.848. The molecule has 0 spiro atoms.